The SMILES string of the molecule is COC1(C(F)(F)F)CCN(c2ccnc(C(C)(C)C)n2)CC1. The largest absolute Gasteiger partial charge is 0.417 e. The molecule has 2 rings (SSSR count). The summed E-state index contributed by atoms with van der Waals surface area (Å²) in [7, 11) is 1.13. The minimum Gasteiger partial charge on any atom is -0.369 e. The van der Waals surface area contributed by atoms with Gasteiger partial charge in [0.05, 0.1) is 0 Å². The van der Waals surface area contributed by atoms with Crippen LogP contribution >= 0.6 is 0 Å². The van der Waals surface area contributed by atoms with Crippen LogP contribution < -0.4 is 4.90 Å². The number of ether oxygens (including phenoxy) is 1. The van der Waals surface area contributed by atoms with Crippen molar-refractivity contribution in [2.45, 2.75) is 50.8 Å². The first kappa shape index (κ1) is 17.0. The van der Waals surface area contributed by atoms with Gasteiger partial charge in [0.2, 0.25) is 0 Å². The smallest absolute Gasteiger partial charge is 0.369 e. The minimum absolute atomic E-state index is 0.0954. The van der Waals surface area contributed by atoms with E-state index in [4.69, 9.17) is 4.74 Å². The van der Waals surface area contributed by atoms with Crippen molar-refractivity contribution in [2.24, 2.45) is 0 Å². The zero-order valence-corrected chi connectivity index (χ0v) is 13.4. The topological polar surface area (TPSA) is 38.2 Å². The van der Waals surface area contributed by atoms with Crippen LogP contribution in [0.3, 0.4) is 0 Å². The average molecular weight is 317 g/mol. The molecule has 1 aromatic rings. The van der Waals surface area contributed by atoms with Crippen molar-refractivity contribution in [1.82, 2.24) is 9.97 Å². The second-order valence-electron chi connectivity index (χ2n) is 6.67. The fraction of sp³-hybridized carbons (Fsp3) is 0.733. The summed E-state index contributed by atoms with van der Waals surface area (Å²) in [6, 6.07) is 1.74. The summed E-state index contributed by atoms with van der Waals surface area (Å²) in [5.74, 6) is 1.36. The van der Waals surface area contributed by atoms with Crippen molar-refractivity contribution in [1.29, 1.82) is 0 Å². The molecule has 124 valence electrons. The molecular weight excluding hydrogens is 295 g/mol. The zero-order valence-electron chi connectivity index (χ0n) is 13.4. The molecule has 1 aliphatic heterocycles. The summed E-state index contributed by atoms with van der Waals surface area (Å²) in [6.07, 6.45) is -2.88. The molecule has 0 aliphatic carbocycles. The number of methoxy groups -OCH3 is 1. The minimum atomic E-state index is -4.35. The number of piperidine rings is 1. The maximum atomic E-state index is 13.2. The zero-order chi connectivity index (χ0) is 16.6. The van der Waals surface area contributed by atoms with Crippen LogP contribution in [0.4, 0.5) is 19.0 Å². The Morgan fingerprint density at radius 1 is 1.18 bits per heavy atom. The lowest BCUT2D eigenvalue weighted by molar-refractivity contribution is -0.276. The highest BCUT2D eigenvalue weighted by Crippen LogP contribution is 2.41. The lowest BCUT2D eigenvalue weighted by Gasteiger charge is -2.42. The molecule has 1 aliphatic rings. The highest BCUT2D eigenvalue weighted by molar-refractivity contribution is 5.39. The molecule has 1 fully saturated rings. The van der Waals surface area contributed by atoms with Crippen LogP contribution in [-0.2, 0) is 10.2 Å². The molecule has 0 spiro atoms. The maximum absolute atomic E-state index is 13.2. The molecule has 0 atom stereocenters. The van der Waals surface area contributed by atoms with Crippen LogP contribution in [0.1, 0.15) is 39.4 Å². The maximum Gasteiger partial charge on any atom is 0.417 e. The molecule has 0 radical (unpaired) electrons. The molecule has 0 unspecified atom stereocenters. The lowest BCUT2D eigenvalue weighted by atomic mass is 9.90. The van der Waals surface area contributed by atoms with Crippen LogP contribution in [0.5, 0.6) is 0 Å². The van der Waals surface area contributed by atoms with Crippen LogP contribution in [-0.4, -0.2) is 41.9 Å². The Labute approximate surface area is 128 Å². The average Bonchev–Trinajstić information content (AvgIpc) is 2.45. The third-order valence-electron chi connectivity index (χ3n) is 4.11. The van der Waals surface area contributed by atoms with E-state index >= 15 is 0 Å². The number of rotatable bonds is 2. The van der Waals surface area contributed by atoms with Crippen LogP contribution in [0.15, 0.2) is 12.3 Å². The normalized spacial score (nSPS) is 19.3. The number of halogens is 3. The Bertz CT molecular complexity index is 517. The molecule has 1 saturated heterocycles. The summed E-state index contributed by atoms with van der Waals surface area (Å²) in [5, 5.41) is 0. The lowest BCUT2D eigenvalue weighted by Crippen LogP contribution is -2.54. The molecule has 2 heterocycles. The van der Waals surface area contributed by atoms with E-state index in [2.05, 4.69) is 9.97 Å². The van der Waals surface area contributed by atoms with Crippen LogP contribution in [0, 0.1) is 0 Å². The van der Waals surface area contributed by atoms with Gasteiger partial charge < -0.3 is 9.64 Å². The summed E-state index contributed by atoms with van der Waals surface area (Å²) >= 11 is 0. The van der Waals surface area contributed by atoms with Crippen molar-refractivity contribution in [3.8, 4) is 0 Å². The Kier molecular flexibility index (Phi) is 4.39. The van der Waals surface area contributed by atoms with Crippen molar-refractivity contribution in [3.05, 3.63) is 18.1 Å². The first-order chi connectivity index (χ1) is 10.1. The second kappa shape index (κ2) is 5.68. The summed E-state index contributed by atoms with van der Waals surface area (Å²) < 4.78 is 44.4. The van der Waals surface area contributed by atoms with Crippen molar-refractivity contribution in [2.75, 3.05) is 25.1 Å². The first-order valence-corrected chi connectivity index (χ1v) is 7.29. The number of alkyl halides is 3. The molecule has 0 aromatic carbocycles. The number of aromatic nitrogens is 2. The first-order valence-electron chi connectivity index (χ1n) is 7.29. The van der Waals surface area contributed by atoms with Gasteiger partial charge in [-0.15, -0.1) is 0 Å². The van der Waals surface area contributed by atoms with E-state index in [9.17, 15) is 13.2 Å². The second-order valence-corrected chi connectivity index (χ2v) is 6.67. The summed E-state index contributed by atoms with van der Waals surface area (Å²) in [5.41, 5.74) is -2.24. The standard InChI is InChI=1S/C15H22F3N3O/c1-13(2,3)12-19-8-5-11(20-12)21-9-6-14(22-4,7-10-21)15(16,17)18/h5,8H,6-7,9-10H2,1-4H3. The van der Waals surface area contributed by atoms with E-state index < -0.39 is 11.8 Å². The predicted molar refractivity (Wildman–Crippen MR) is 78.0 cm³/mol. The Morgan fingerprint density at radius 3 is 2.23 bits per heavy atom. The number of hydrogen-bond donors (Lipinski definition) is 0. The molecule has 0 bridgehead atoms. The molecule has 1 aromatic heterocycles. The molecule has 0 amide bonds. The summed E-state index contributed by atoms with van der Waals surface area (Å²) in [6.45, 7) is 6.52. The number of nitrogens with zero attached hydrogens (tertiary/aromatic N) is 3. The fourth-order valence-corrected chi connectivity index (χ4v) is 2.59. The van der Waals surface area contributed by atoms with Crippen LogP contribution in [0.2, 0.25) is 0 Å². The highest BCUT2D eigenvalue weighted by Gasteiger charge is 2.56. The highest BCUT2D eigenvalue weighted by atomic mass is 19.4. The Morgan fingerprint density at radius 2 is 1.77 bits per heavy atom. The Hall–Kier alpha value is -1.37. The van der Waals surface area contributed by atoms with Gasteiger partial charge in [-0.1, -0.05) is 20.8 Å². The molecule has 22 heavy (non-hydrogen) atoms. The molecular formula is C15H22F3N3O. The predicted octanol–water partition coefficient (Wildman–Crippen LogP) is 3.32. The van der Waals surface area contributed by atoms with Gasteiger partial charge in [0.25, 0.3) is 0 Å². The molecule has 4 nitrogen and oxygen atoms in total. The monoisotopic (exact) mass is 317 g/mol. The van der Waals surface area contributed by atoms with Gasteiger partial charge in [-0.2, -0.15) is 13.2 Å². The van der Waals surface area contributed by atoms with E-state index in [1.807, 2.05) is 25.7 Å². The number of hydrogen-bond acceptors (Lipinski definition) is 4. The quantitative estimate of drug-likeness (QED) is 0.839. The van der Waals surface area contributed by atoms with E-state index in [1.165, 1.54) is 0 Å². The van der Waals surface area contributed by atoms with Crippen molar-refractivity contribution < 1.29 is 17.9 Å². The Balaban J connectivity index is 2.15. The van der Waals surface area contributed by atoms with Gasteiger partial charge >= 0.3 is 6.18 Å². The van der Waals surface area contributed by atoms with Crippen molar-refractivity contribution in [3.63, 3.8) is 0 Å². The van der Waals surface area contributed by atoms with Gasteiger partial charge in [0.1, 0.15) is 11.6 Å². The van der Waals surface area contributed by atoms with Gasteiger partial charge in [-0.25, -0.2) is 9.97 Å². The van der Waals surface area contributed by atoms with E-state index in [1.54, 1.807) is 12.3 Å². The fourth-order valence-electron chi connectivity index (χ4n) is 2.59. The molecule has 0 N–H and O–H groups in total. The third kappa shape index (κ3) is 3.19. The van der Waals surface area contributed by atoms with E-state index in [-0.39, 0.29) is 31.3 Å². The van der Waals surface area contributed by atoms with Gasteiger partial charge in [-0.3, -0.25) is 0 Å². The van der Waals surface area contributed by atoms with Gasteiger partial charge in [-0.05, 0) is 6.07 Å². The third-order valence-corrected chi connectivity index (χ3v) is 4.11. The summed E-state index contributed by atoms with van der Waals surface area (Å²) in [4.78, 5) is 10.6. The molecule has 0 saturated carbocycles. The van der Waals surface area contributed by atoms with E-state index in [0.717, 1.165) is 7.11 Å². The number of anilines is 1. The van der Waals surface area contributed by atoms with Gasteiger partial charge in [0.15, 0.2) is 5.60 Å². The van der Waals surface area contributed by atoms with Crippen molar-refractivity contribution >= 4 is 5.82 Å². The van der Waals surface area contributed by atoms with E-state index in [0.29, 0.717) is 11.6 Å². The molecule has 7 heteroatoms. The van der Waals surface area contributed by atoms with Gasteiger partial charge in [0, 0.05) is 44.7 Å². The van der Waals surface area contributed by atoms with Crippen LogP contribution in [0.25, 0.3) is 0 Å².